The number of rotatable bonds is 3. The van der Waals surface area contributed by atoms with Crippen molar-refractivity contribution in [1.29, 1.82) is 0 Å². The van der Waals surface area contributed by atoms with Crippen LogP contribution in [0.5, 0.6) is 0 Å². The fourth-order valence-electron chi connectivity index (χ4n) is 1.65. The normalized spacial score (nSPS) is 29.8. The summed E-state index contributed by atoms with van der Waals surface area (Å²) in [7, 11) is 0. The van der Waals surface area contributed by atoms with E-state index in [-0.39, 0.29) is 18.0 Å². The third kappa shape index (κ3) is 2.29. The maximum absolute atomic E-state index is 11.5. The average Bonchev–Trinajstić information content (AvgIpc) is 2.04. The molecule has 0 aromatic heterocycles. The molecular formula is C9H17N3O. The Morgan fingerprint density at radius 1 is 1.85 bits per heavy atom. The molecule has 1 aliphatic heterocycles. The van der Waals surface area contributed by atoms with E-state index in [0.717, 1.165) is 13.1 Å². The zero-order valence-electron chi connectivity index (χ0n) is 7.99. The van der Waals surface area contributed by atoms with Gasteiger partial charge in [-0.1, -0.05) is 6.08 Å². The minimum atomic E-state index is -0.186. The molecule has 0 radical (unpaired) electrons. The van der Waals surface area contributed by atoms with Crippen molar-refractivity contribution in [2.45, 2.75) is 19.0 Å². The van der Waals surface area contributed by atoms with Crippen LogP contribution >= 0.6 is 0 Å². The van der Waals surface area contributed by atoms with Crippen LogP contribution in [0.1, 0.15) is 6.92 Å². The summed E-state index contributed by atoms with van der Waals surface area (Å²) in [6.07, 6.45) is 1.80. The highest BCUT2D eigenvalue weighted by Gasteiger charge is 2.30. The molecule has 0 aromatic rings. The van der Waals surface area contributed by atoms with E-state index in [1.54, 1.807) is 6.08 Å². The Hall–Kier alpha value is -0.870. The molecule has 0 bridgehead atoms. The summed E-state index contributed by atoms with van der Waals surface area (Å²) in [5.74, 6) is 0.0306. The van der Waals surface area contributed by atoms with Gasteiger partial charge in [0.25, 0.3) is 0 Å². The molecule has 1 heterocycles. The molecule has 2 unspecified atom stereocenters. The largest absolute Gasteiger partial charge is 0.351 e. The van der Waals surface area contributed by atoms with Gasteiger partial charge in [0, 0.05) is 25.7 Å². The highest BCUT2D eigenvalue weighted by molar-refractivity contribution is 5.83. The van der Waals surface area contributed by atoms with Crippen molar-refractivity contribution < 1.29 is 4.79 Å². The Kier molecular flexibility index (Phi) is 3.45. The third-order valence-electron chi connectivity index (χ3n) is 2.23. The Morgan fingerprint density at radius 2 is 2.54 bits per heavy atom. The van der Waals surface area contributed by atoms with Crippen molar-refractivity contribution in [2.24, 2.45) is 5.73 Å². The van der Waals surface area contributed by atoms with Gasteiger partial charge < -0.3 is 11.1 Å². The zero-order valence-corrected chi connectivity index (χ0v) is 7.99. The molecule has 2 atom stereocenters. The average molecular weight is 183 g/mol. The van der Waals surface area contributed by atoms with E-state index in [1.807, 2.05) is 6.92 Å². The Morgan fingerprint density at radius 3 is 3.08 bits per heavy atom. The maximum atomic E-state index is 11.5. The minimum absolute atomic E-state index is 0.0306. The molecule has 3 N–H and O–H groups in total. The summed E-state index contributed by atoms with van der Waals surface area (Å²) >= 11 is 0. The first-order valence-electron chi connectivity index (χ1n) is 4.54. The zero-order chi connectivity index (χ0) is 9.84. The van der Waals surface area contributed by atoms with Gasteiger partial charge >= 0.3 is 0 Å². The van der Waals surface area contributed by atoms with Crippen LogP contribution in [0.2, 0.25) is 0 Å². The number of carbonyl (C=O) groups is 1. The number of piperazine rings is 1. The van der Waals surface area contributed by atoms with Crippen LogP contribution in [-0.2, 0) is 4.79 Å². The van der Waals surface area contributed by atoms with Gasteiger partial charge in [-0.15, -0.1) is 6.58 Å². The highest BCUT2D eigenvalue weighted by atomic mass is 16.2. The van der Waals surface area contributed by atoms with Crippen molar-refractivity contribution in [2.75, 3.05) is 19.6 Å². The quantitative estimate of drug-likeness (QED) is 0.570. The Balaban J connectivity index is 2.65. The monoisotopic (exact) mass is 183 g/mol. The van der Waals surface area contributed by atoms with E-state index < -0.39 is 0 Å². The number of hydrogen-bond acceptors (Lipinski definition) is 3. The number of nitrogens with two attached hydrogens (primary N) is 1. The predicted molar refractivity (Wildman–Crippen MR) is 52.2 cm³/mol. The molecule has 4 nitrogen and oxygen atoms in total. The van der Waals surface area contributed by atoms with E-state index in [2.05, 4.69) is 16.8 Å². The summed E-state index contributed by atoms with van der Waals surface area (Å²) < 4.78 is 0. The lowest BCUT2D eigenvalue weighted by atomic mass is 10.1. The second-order valence-corrected chi connectivity index (χ2v) is 3.40. The predicted octanol–water partition coefficient (Wildman–Crippen LogP) is -0.680. The minimum Gasteiger partial charge on any atom is -0.351 e. The van der Waals surface area contributed by atoms with Crippen molar-refractivity contribution in [1.82, 2.24) is 10.2 Å². The number of hydrogen-bond donors (Lipinski definition) is 2. The standard InChI is InChI=1S/C9H17N3O/c1-3-4-12-6-7(2)11-9(13)8(12)5-10/h3,7-8H,1,4-6,10H2,2H3,(H,11,13). The van der Waals surface area contributed by atoms with Crippen LogP contribution in [-0.4, -0.2) is 42.5 Å². The van der Waals surface area contributed by atoms with E-state index >= 15 is 0 Å². The lowest BCUT2D eigenvalue weighted by molar-refractivity contribution is -0.129. The maximum Gasteiger partial charge on any atom is 0.238 e. The van der Waals surface area contributed by atoms with E-state index in [1.165, 1.54) is 0 Å². The molecule has 0 aliphatic carbocycles. The van der Waals surface area contributed by atoms with Gasteiger partial charge in [-0.25, -0.2) is 0 Å². The molecule has 4 heteroatoms. The first-order chi connectivity index (χ1) is 6.19. The van der Waals surface area contributed by atoms with Gasteiger partial charge in [-0.05, 0) is 6.92 Å². The number of nitrogens with zero attached hydrogens (tertiary/aromatic N) is 1. The van der Waals surface area contributed by atoms with Crippen molar-refractivity contribution in [3.05, 3.63) is 12.7 Å². The molecule has 0 aromatic carbocycles. The van der Waals surface area contributed by atoms with Gasteiger partial charge in [0.2, 0.25) is 5.91 Å². The lowest BCUT2D eigenvalue weighted by Crippen LogP contribution is -2.61. The van der Waals surface area contributed by atoms with Gasteiger partial charge in [0.05, 0.1) is 0 Å². The molecule has 1 amide bonds. The van der Waals surface area contributed by atoms with Gasteiger partial charge in [-0.3, -0.25) is 9.69 Å². The summed E-state index contributed by atoms with van der Waals surface area (Å²) in [6.45, 7) is 7.58. The SMILES string of the molecule is C=CCN1CC(C)NC(=O)C1CN. The molecule has 1 rings (SSSR count). The fourth-order valence-corrected chi connectivity index (χ4v) is 1.65. The molecule has 1 aliphatic rings. The van der Waals surface area contributed by atoms with Crippen molar-refractivity contribution in [3.8, 4) is 0 Å². The topological polar surface area (TPSA) is 58.4 Å². The summed E-state index contributed by atoms with van der Waals surface area (Å²) in [4.78, 5) is 13.5. The van der Waals surface area contributed by atoms with E-state index in [0.29, 0.717) is 6.54 Å². The van der Waals surface area contributed by atoms with Crippen LogP contribution in [0.3, 0.4) is 0 Å². The van der Waals surface area contributed by atoms with Gasteiger partial charge in [-0.2, -0.15) is 0 Å². The van der Waals surface area contributed by atoms with Crippen LogP contribution in [0.4, 0.5) is 0 Å². The molecule has 13 heavy (non-hydrogen) atoms. The first kappa shape index (κ1) is 10.2. The lowest BCUT2D eigenvalue weighted by Gasteiger charge is -2.36. The van der Waals surface area contributed by atoms with Gasteiger partial charge in [0.1, 0.15) is 6.04 Å². The van der Waals surface area contributed by atoms with Crippen molar-refractivity contribution >= 4 is 5.91 Å². The van der Waals surface area contributed by atoms with Crippen LogP contribution in [0, 0.1) is 0 Å². The molecule has 1 saturated heterocycles. The third-order valence-corrected chi connectivity index (χ3v) is 2.23. The number of amides is 1. The van der Waals surface area contributed by atoms with Crippen LogP contribution < -0.4 is 11.1 Å². The Bertz CT molecular complexity index is 205. The fraction of sp³-hybridized carbons (Fsp3) is 0.667. The summed E-state index contributed by atoms with van der Waals surface area (Å²) in [5.41, 5.74) is 5.52. The number of nitrogens with one attached hydrogen (secondary N) is 1. The number of carbonyl (C=O) groups excluding carboxylic acids is 1. The smallest absolute Gasteiger partial charge is 0.238 e. The molecule has 74 valence electrons. The molecule has 0 spiro atoms. The molecular weight excluding hydrogens is 166 g/mol. The Labute approximate surface area is 78.8 Å². The highest BCUT2D eigenvalue weighted by Crippen LogP contribution is 2.06. The van der Waals surface area contributed by atoms with Gasteiger partial charge in [0.15, 0.2) is 0 Å². The first-order valence-corrected chi connectivity index (χ1v) is 4.54. The van der Waals surface area contributed by atoms with Crippen LogP contribution in [0.15, 0.2) is 12.7 Å². The molecule has 1 fully saturated rings. The second kappa shape index (κ2) is 4.39. The second-order valence-electron chi connectivity index (χ2n) is 3.40. The van der Waals surface area contributed by atoms with E-state index in [4.69, 9.17) is 5.73 Å². The molecule has 0 saturated carbocycles. The van der Waals surface area contributed by atoms with E-state index in [9.17, 15) is 4.79 Å². The van der Waals surface area contributed by atoms with Crippen LogP contribution in [0.25, 0.3) is 0 Å². The van der Waals surface area contributed by atoms with Crippen molar-refractivity contribution in [3.63, 3.8) is 0 Å². The summed E-state index contributed by atoms with van der Waals surface area (Å²) in [6, 6.07) is 0.0180. The summed E-state index contributed by atoms with van der Waals surface area (Å²) in [5, 5.41) is 2.87.